The number of carbonyl (C=O) groups is 1. The molecule has 1 amide bonds. The van der Waals surface area contributed by atoms with Gasteiger partial charge in [0.1, 0.15) is 11.4 Å². The quantitative estimate of drug-likeness (QED) is 0.740. The second-order valence-electron chi connectivity index (χ2n) is 6.91. The first-order valence-electron chi connectivity index (χ1n) is 8.64. The van der Waals surface area contributed by atoms with Crippen molar-refractivity contribution in [2.75, 3.05) is 18.5 Å². The van der Waals surface area contributed by atoms with Crippen LogP contribution in [0.25, 0.3) is 0 Å². The van der Waals surface area contributed by atoms with Gasteiger partial charge < -0.3 is 14.8 Å². The minimum atomic E-state index is -0.719. The van der Waals surface area contributed by atoms with E-state index in [1.54, 1.807) is 0 Å². The molecular formula is C19H29NO3. The average Bonchev–Trinajstić information content (AvgIpc) is 3.37. The van der Waals surface area contributed by atoms with Gasteiger partial charge in [0, 0.05) is 12.3 Å². The fourth-order valence-electron chi connectivity index (χ4n) is 2.47. The van der Waals surface area contributed by atoms with Crippen LogP contribution in [-0.2, 0) is 9.53 Å². The maximum absolute atomic E-state index is 12.7. The van der Waals surface area contributed by atoms with Gasteiger partial charge >= 0.3 is 0 Å². The smallest absolute Gasteiger partial charge is 0.256 e. The van der Waals surface area contributed by atoms with E-state index in [1.165, 1.54) is 0 Å². The molecule has 1 fully saturated rings. The third-order valence-corrected chi connectivity index (χ3v) is 4.11. The molecule has 1 saturated carbocycles. The molecule has 1 N–H and O–H groups in total. The largest absolute Gasteiger partial charge is 0.493 e. The summed E-state index contributed by atoms with van der Waals surface area (Å²) >= 11 is 0. The number of hydrogen-bond donors (Lipinski definition) is 1. The van der Waals surface area contributed by atoms with Crippen molar-refractivity contribution >= 4 is 11.6 Å². The van der Waals surface area contributed by atoms with E-state index in [0.717, 1.165) is 30.7 Å². The first-order chi connectivity index (χ1) is 11.0. The number of hydrogen-bond acceptors (Lipinski definition) is 3. The minimum Gasteiger partial charge on any atom is -0.493 e. The van der Waals surface area contributed by atoms with Crippen LogP contribution in [0.2, 0.25) is 0 Å². The number of rotatable bonds is 9. The first-order valence-corrected chi connectivity index (χ1v) is 8.64. The number of benzene rings is 1. The summed E-state index contributed by atoms with van der Waals surface area (Å²) < 4.78 is 11.5. The molecule has 1 aromatic carbocycles. The SMILES string of the molecule is CCCOC(C)(C(=O)Nc1ccc(OCC(C)C)cc1)C1CC1. The number of nitrogens with one attached hydrogen (secondary N) is 1. The van der Waals surface area contributed by atoms with Crippen LogP contribution in [-0.4, -0.2) is 24.7 Å². The van der Waals surface area contributed by atoms with Crippen molar-refractivity contribution in [3.8, 4) is 5.75 Å². The summed E-state index contributed by atoms with van der Waals surface area (Å²) in [7, 11) is 0. The molecule has 0 spiro atoms. The maximum atomic E-state index is 12.7. The van der Waals surface area contributed by atoms with Gasteiger partial charge in [-0.25, -0.2) is 0 Å². The Kier molecular flexibility index (Phi) is 6.05. The van der Waals surface area contributed by atoms with Gasteiger partial charge in [0.25, 0.3) is 5.91 Å². The van der Waals surface area contributed by atoms with E-state index in [2.05, 4.69) is 26.1 Å². The average molecular weight is 319 g/mol. The molecule has 2 rings (SSSR count). The molecule has 128 valence electrons. The number of anilines is 1. The van der Waals surface area contributed by atoms with E-state index in [9.17, 15) is 4.79 Å². The van der Waals surface area contributed by atoms with Gasteiger partial charge in [0.05, 0.1) is 6.61 Å². The highest BCUT2D eigenvalue weighted by Crippen LogP contribution is 2.42. The summed E-state index contributed by atoms with van der Waals surface area (Å²) in [5.41, 5.74) is 0.0573. The summed E-state index contributed by atoms with van der Waals surface area (Å²) in [6.45, 7) is 9.50. The third kappa shape index (κ3) is 4.96. The van der Waals surface area contributed by atoms with Crippen LogP contribution in [0, 0.1) is 11.8 Å². The van der Waals surface area contributed by atoms with E-state index in [4.69, 9.17) is 9.47 Å². The summed E-state index contributed by atoms with van der Waals surface area (Å²) in [5.74, 6) is 1.60. The molecule has 0 saturated heterocycles. The lowest BCUT2D eigenvalue weighted by atomic mass is 9.98. The van der Waals surface area contributed by atoms with Crippen molar-refractivity contribution in [2.45, 2.75) is 52.6 Å². The van der Waals surface area contributed by atoms with Crippen LogP contribution in [0.15, 0.2) is 24.3 Å². The molecule has 1 aliphatic carbocycles. The molecule has 0 aliphatic heterocycles. The third-order valence-electron chi connectivity index (χ3n) is 4.11. The maximum Gasteiger partial charge on any atom is 0.256 e. The fraction of sp³-hybridized carbons (Fsp3) is 0.632. The van der Waals surface area contributed by atoms with Crippen LogP contribution in [0.5, 0.6) is 5.75 Å². The van der Waals surface area contributed by atoms with Crippen LogP contribution in [0.4, 0.5) is 5.69 Å². The van der Waals surface area contributed by atoms with E-state index in [-0.39, 0.29) is 5.91 Å². The Labute approximate surface area is 139 Å². The highest BCUT2D eigenvalue weighted by Gasteiger charge is 2.48. The molecule has 4 nitrogen and oxygen atoms in total. The number of ether oxygens (including phenoxy) is 2. The molecule has 0 heterocycles. The standard InChI is InChI=1S/C19H29NO3/c1-5-12-23-19(4,15-6-7-15)18(21)20-16-8-10-17(11-9-16)22-13-14(2)3/h8-11,14-15H,5-7,12-13H2,1-4H3,(H,20,21). The second-order valence-corrected chi connectivity index (χ2v) is 6.91. The molecule has 1 aromatic rings. The van der Waals surface area contributed by atoms with Crippen LogP contribution in [0.3, 0.4) is 0 Å². The zero-order valence-corrected chi connectivity index (χ0v) is 14.7. The minimum absolute atomic E-state index is 0.0516. The Bertz CT molecular complexity index is 508. The number of carbonyl (C=O) groups excluding carboxylic acids is 1. The van der Waals surface area contributed by atoms with E-state index < -0.39 is 5.60 Å². The second kappa shape index (κ2) is 7.82. The monoisotopic (exact) mass is 319 g/mol. The molecular weight excluding hydrogens is 290 g/mol. The topological polar surface area (TPSA) is 47.6 Å². The highest BCUT2D eigenvalue weighted by molar-refractivity contribution is 5.97. The van der Waals surface area contributed by atoms with Crippen molar-refractivity contribution in [3.63, 3.8) is 0 Å². The lowest BCUT2D eigenvalue weighted by molar-refractivity contribution is -0.142. The van der Waals surface area contributed by atoms with Crippen LogP contribution >= 0.6 is 0 Å². The zero-order valence-electron chi connectivity index (χ0n) is 14.7. The van der Waals surface area contributed by atoms with Gasteiger partial charge in [-0.2, -0.15) is 0 Å². The predicted octanol–water partition coefficient (Wildman–Crippen LogP) is 4.26. The Balaban J connectivity index is 1.95. The van der Waals surface area contributed by atoms with Crippen LogP contribution in [0.1, 0.15) is 47.0 Å². The summed E-state index contributed by atoms with van der Waals surface area (Å²) in [6.07, 6.45) is 3.04. The molecule has 0 aromatic heterocycles. The normalized spacial score (nSPS) is 16.9. The summed E-state index contributed by atoms with van der Waals surface area (Å²) in [4.78, 5) is 12.7. The van der Waals surface area contributed by atoms with Crippen molar-refractivity contribution in [2.24, 2.45) is 11.8 Å². The van der Waals surface area contributed by atoms with Gasteiger partial charge in [-0.1, -0.05) is 20.8 Å². The zero-order chi connectivity index (χ0) is 16.9. The molecule has 23 heavy (non-hydrogen) atoms. The summed E-state index contributed by atoms with van der Waals surface area (Å²) in [5, 5.41) is 2.99. The van der Waals surface area contributed by atoms with Crippen molar-refractivity contribution in [1.29, 1.82) is 0 Å². The Morgan fingerprint density at radius 2 is 1.96 bits per heavy atom. The van der Waals surface area contributed by atoms with E-state index in [1.807, 2.05) is 31.2 Å². The molecule has 4 heteroatoms. The fourth-order valence-corrected chi connectivity index (χ4v) is 2.47. The molecule has 1 atom stereocenters. The Morgan fingerprint density at radius 1 is 1.30 bits per heavy atom. The first kappa shape index (κ1) is 17.8. The Hall–Kier alpha value is -1.55. The summed E-state index contributed by atoms with van der Waals surface area (Å²) in [6, 6.07) is 7.53. The number of amides is 1. The van der Waals surface area contributed by atoms with Crippen molar-refractivity contribution in [3.05, 3.63) is 24.3 Å². The lowest BCUT2D eigenvalue weighted by Gasteiger charge is -2.28. The Morgan fingerprint density at radius 3 is 2.48 bits per heavy atom. The molecule has 0 bridgehead atoms. The van der Waals surface area contributed by atoms with E-state index >= 15 is 0 Å². The molecule has 1 aliphatic rings. The highest BCUT2D eigenvalue weighted by atomic mass is 16.5. The van der Waals surface area contributed by atoms with Crippen molar-refractivity contribution in [1.82, 2.24) is 0 Å². The predicted molar refractivity (Wildman–Crippen MR) is 92.8 cm³/mol. The van der Waals surface area contributed by atoms with Gasteiger partial charge in [0.2, 0.25) is 0 Å². The van der Waals surface area contributed by atoms with Gasteiger partial charge in [0.15, 0.2) is 0 Å². The van der Waals surface area contributed by atoms with Crippen molar-refractivity contribution < 1.29 is 14.3 Å². The van der Waals surface area contributed by atoms with Gasteiger partial charge in [-0.15, -0.1) is 0 Å². The van der Waals surface area contributed by atoms with Gasteiger partial charge in [-0.05, 0) is 62.3 Å². The van der Waals surface area contributed by atoms with E-state index in [0.29, 0.717) is 25.0 Å². The van der Waals surface area contributed by atoms with Gasteiger partial charge in [-0.3, -0.25) is 4.79 Å². The van der Waals surface area contributed by atoms with Crippen LogP contribution < -0.4 is 10.1 Å². The lowest BCUT2D eigenvalue weighted by Crippen LogP contribution is -2.45. The molecule has 1 unspecified atom stereocenters. The molecule has 0 radical (unpaired) electrons.